The molecule has 0 spiro atoms. The number of para-hydroxylation sites is 1. The van der Waals surface area contributed by atoms with Gasteiger partial charge in [-0.1, -0.05) is 18.2 Å². The first-order valence-electron chi connectivity index (χ1n) is 10.4. The van der Waals surface area contributed by atoms with Crippen molar-refractivity contribution in [2.75, 3.05) is 19.6 Å². The highest BCUT2D eigenvalue weighted by atomic mass is 16.6. The number of hydrogen-bond acceptors (Lipinski definition) is 5. The van der Waals surface area contributed by atoms with E-state index >= 15 is 0 Å². The Hall–Kier alpha value is -3.42. The topological polar surface area (TPSA) is 80.6 Å². The van der Waals surface area contributed by atoms with Gasteiger partial charge in [0.1, 0.15) is 5.60 Å². The highest BCUT2D eigenvalue weighted by Gasteiger charge is 2.33. The monoisotopic (exact) mass is 421 g/mol. The zero-order valence-electron chi connectivity index (χ0n) is 18.3. The second kappa shape index (κ2) is 8.02. The van der Waals surface area contributed by atoms with Crippen molar-refractivity contribution < 1.29 is 14.3 Å². The van der Waals surface area contributed by atoms with Crippen molar-refractivity contribution >= 4 is 22.9 Å². The van der Waals surface area contributed by atoms with Crippen LogP contribution in [0.1, 0.15) is 38.1 Å². The molecule has 1 aromatic carbocycles. The zero-order chi connectivity index (χ0) is 22.2. The van der Waals surface area contributed by atoms with Crippen molar-refractivity contribution in [3.8, 4) is 5.95 Å². The Morgan fingerprint density at radius 1 is 1.06 bits per heavy atom. The first-order valence-corrected chi connectivity index (χ1v) is 10.4. The molecule has 0 aliphatic carbocycles. The average Bonchev–Trinajstić information content (AvgIpc) is 3.12. The van der Waals surface area contributed by atoms with Gasteiger partial charge in [0.2, 0.25) is 5.95 Å². The van der Waals surface area contributed by atoms with Crippen LogP contribution in [0.25, 0.3) is 16.9 Å². The number of hydrogen-bond donors (Lipinski definition) is 0. The van der Waals surface area contributed by atoms with Gasteiger partial charge in [-0.3, -0.25) is 9.36 Å². The molecule has 3 heterocycles. The van der Waals surface area contributed by atoms with Crippen LogP contribution in [0.5, 0.6) is 0 Å². The van der Waals surface area contributed by atoms with E-state index in [1.807, 2.05) is 61.4 Å². The number of rotatable bonds is 2. The van der Waals surface area contributed by atoms with Gasteiger partial charge in [0.15, 0.2) is 0 Å². The van der Waals surface area contributed by atoms with E-state index in [4.69, 9.17) is 4.74 Å². The number of carbonyl (C=O) groups excluding carboxylic acids is 2. The Kier molecular flexibility index (Phi) is 5.39. The quantitative estimate of drug-likeness (QED) is 0.633. The molecule has 8 nitrogen and oxygen atoms in total. The minimum atomic E-state index is -0.547. The van der Waals surface area contributed by atoms with Crippen molar-refractivity contribution in [1.82, 2.24) is 24.3 Å². The molecule has 31 heavy (non-hydrogen) atoms. The van der Waals surface area contributed by atoms with E-state index in [0.717, 1.165) is 10.9 Å². The normalized spacial score (nSPS) is 17.1. The molecule has 1 fully saturated rings. The predicted molar refractivity (Wildman–Crippen MR) is 117 cm³/mol. The largest absolute Gasteiger partial charge is 0.444 e. The minimum Gasteiger partial charge on any atom is -0.444 e. The lowest BCUT2D eigenvalue weighted by Crippen LogP contribution is -2.56. The Balaban J connectivity index is 1.59. The Morgan fingerprint density at radius 2 is 1.77 bits per heavy atom. The maximum Gasteiger partial charge on any atom is 0.410 e. The molecule has 1 atom stereocenters. The van der Waals surface area contributed by atoms with Gasteiger partial charge in [0, 0.05) is 49.7 Å². The molecule has 2 aromatic heterocycles. The smallest absolute Gasteiger partial charge is 0.410 e. The molecule has 0 N–H and O–H groups in total. The van der Waals surface area contributed by atoms with Gasteiger partial charge in [-0.2, -0.15) is 0 Å². The van der Waals surface area contributed by atoms with Gasteiger partial charge in [0.05, 0.1) is 11.1 Å². The molecule has 1 saturated heterocycles. The summed E-state index contributed by atoms with van der Waals surface area (Å²) in [6.45, 7) is 8.81. The summed E-state index contributed by atoms with van der Waals surface area (Å²) in [6.07, 6.45) is 4.81. The van der Waals surface area contributed by atoms with Crippen LogP contribution < -0.4 is 0 Å². The van der Waals surface area contributed by atoms with Gasteiger partial charge in [-0.25, -0.2) is 14.8 Å². The lowest BCUT2D eigenvalue weighted by atomic mass is 10.1. The van der Waals surface area contributed by atoms with Crippen LogP contribution in [-0.2, 0) is 4.74 Å². The van der Waals surface area contributed by atoms with E-state index in [0.29, 0.717) is 31.1 Å². The SMILES string of the molecule is C[C@H]1CN(C(=O)OC(C)(C)C)CCN1C(=O)c1cn(-c2ncccn2)c2ccccc12. The minimum absolute atomic E-state index is 0.0674. The van der Waals surface area contributed by atoms with Crippen molar-refractivity contribution in [2.24, 2.45) is 0 Å². The van der Waals surface area contributed by atoms with E-state index in [1.165, 1.54) is 0 Å². The summed E-state index contributed by atoms with van der Waals surface area (Å²) >= 11 is 0. The average molecular weight is 422 g/mol. The van der Waals surface area contributed by atoms with Crippen molar-refractivity contribution in [3.05, 3.63) is 54.5 Å². The van der Waals surface area contributed by atoms with Gasteiger partial charge >= 0.3 is 6.09 Å². The Bertz CT molecular complexity index is 1100. The third kappa shape index (κ3) is 4.23. The number of nitrogens with zero attached hydrogens (tertiary/aromatic N) is 5. The van der Waals surface area contributed by atoms with Crippen LogP contribution >= 0.6 is 0 Å². The number of carbonyl (C=O) groups is 2. The number of benzene rings is 1. The van der Waals surface area contributed by atoms with Crippen molar-refractivity contribution in [1.29, 1.82) is 0 Å². The molecule has 0 radical (unpaired) electrons. The molecule has 2 amide bonds. The van der Waals surface area contributed by atoms with Crippen LogP contribution in [-0.4, -0.2) is 67.6 Å². The fourth-order valence-corrected chi connectivity index (χ4v) is 3.84. The summed E-state index contributed by atoms with van der Waals surface area (Å²) < 4.78 is 7.32. The Morgan fingerprint density at radius 3 is 2.45 bits per heavy atom. The molecule has 1 aliphatic heterocycles. The second-order valence-corrected chi connectivity index (χ2v) is 8.75. The molecule has 8 heteroatoms. The summed E-state index contributed by atoms with van der Waals surface area (Å²) in [5.74, 6) is 0.447. The van der Waals surface area contributed by atoms with Gasteiger partial charge < -0.3 is 14.5 Å². The van der Waals surface area contributed by atoms with Crippen molar-refractivity contribution in [3.63, 3.8) is 0 Å². The van der Waals surface area contributed by atoms with E-state index in [9.17, 15) is 9.59 Å². The molecular formula is C23H27N5O3. The first kappa shape index (κ1) is 20.8. The van der Waals surface area contributed by atoms with Gasteiger partial charge in [0.25, 0.3) is 5.91 Å². The van der Waals surface area contributed by atoms with Crippen LogP contribution in [0.2, 0.25) is 0 Å². The van der Waals surface area contributed by atoms with Crippen LogP contribution in [0.4, 0.5) is 4.79 Å². The summed E-state index contributed by atoms with van der Waals surface area (Å²) in [5, 5.41) is 0.849. The van der Waals surface area contributed by atoms with Gasteiger partial charge in [-0.05, 0) is 39.8 Å². The van der Waals surface area contributed by atoms with E-state index < -0.39 is 5.60 Å². The number of ether oxygens (including phenoxy) is 1. The molecular weight excluding hydrogens is 394 g/mol. The molecule has 0 saturated carbocycles. The molecule has 1 aliphatic rings. The summed E-state index contributed by atoms with van der Waals surface area (Å²) in [4.78, 5) is 38.1. The highest BCUT2D eigenvalue weighted by molar-refractivity contribution is 6.07. The molecule has 0 bridgehead atoms. The third-order valence-corrected chi connectivity index (χ3v) is 5.25. The van der Waals surface area contributed by atoms with Crippen LogP contribution in [0, 0.1) is 0 Å². The highest BCUT2D eigenvalue weighted by Crippen LogP contribution is 2.26. The summed E-state index contributed by atoms with van der Waals surface area (Å²) in [7, 11) is 0. The van der Waals surface area contributed by atoms with E-state index in [1.54, 1.807) is 29.6 Å². The molecule has 162 valence electrons. The number of amides is 2. The standard InChI is InChI=1S/C23H27N5O3/c1-16-14-26(22(30)31-23(2,3)4)12-13-27(16)20(29)18-15-28(21-24-10-7-11-25-21)19-9-6-5-8-17(18)19/h5-11,15-16H,12-14H2,1-4H3/t16-/m0/s1. The fraction of sp³-hybridized carbons (Fsp3) is 0.391. The number of fused-ring (bicyclic) bond motifs is 1. The molecule has 3 aromatic rings. The molecule has 0 unspecified atom stereocenters. The summed E-state index contributed by atoms with van der Waals surface area (Å²) in [6, 6.07) is 9.35. The third-order valence-electron chi connectivity index (χ3n) is 5.25. The maximum atomic E-state index is 13.5. The molecule has 4 rings (SSSR count). The fourth-order valence-electron chi connectivity index (χ4n) is 3.84. The van der Waals surface area contributed by atoms with E-state index in [-0.39, 0.29) is 18.0 Å². The summed E-state index contributed by atoms with van der Waals surface area (Å²) in [5.41, 5.74) is 0.923. The maximum absolute atomic E-state index is 13.5. The lowest BCUT2D eigenvalue weighted by Gasteiger charge is -2.40. The zero-order valence-corrected chi connectivity index (χ0v) is 18.3. The number of aromatic nitrogens is 3. The van der Waals surface area contributed by atoms with Crippen LogP contribution in [0.3, 0.4) is 0 Å². The van der Waals surface area contributed by atoms with Gasteiger partial charge in [-0.15, -0.1) is 0 Å². The predicted octanol–water partition coefficient (Wildman–Crippen LogP) is 3.50. The van der Waals surface area contributed by atoms with E-state index in [2.05, 4.69) is 9.97 Å². The Labute approximate surface area is 181 Å². The first-order chi connectivity index (χ1) is 14.7. The van der Waals surface area contributed by atoms with Crippen molar-refractivity contribution in [2.45, 2.75) is 39.3 Å². The van der Waals surface area contributed by atoms with Crippen LogP contribution in [0.15, 0.2) is 48.9 Å². The second-order valence-electron chi connectivity index (χ2n) is 8.75. The lowest BCUT2D eigenvalue weighted by molar-refractivity contribution is 0.00620. The number of piperazine rings is 1.